The smallest absolute Gasteiger partial charge is 0.107 e. The fourth-order valence-corrected chi connectivity index (χ4v) is 3.38. The second-order valence-corrected chi connectivity index (χ2v) is 6.76. The number of benzene rings is 1. The van der Waals surface area contributed by atoms with E-state index in [1.54, 1.807) is 0 Å². The zero-order valence-corrected chi connectivity index (χ0v) is 12.8. The van der Waals surface area contributed by atoms with Crippen molar-refractivity contribution in [3.63, 3.8) is 0 Å². The fourth-order valence-electron chi connectivity index (χ4n) is 1.35. The quantitative estimate of drug-likeness (QED) is 0.780. The molecule has 1 unspecified atom stereocenters. The predicted molar refractivity (Wildman–Crippen MR) is 77.2 cm³/mol. The summed E-state index contributed by atoms with van der Waals surface area (Å²) in [5, 5.41) is 0. The first-order chi connectivity index (χ1) is 7.58. The summed E-state index contributed by atoms with van der Waals surface area (Å²) in [6.07, 6.45) is 0. The van der Waals surface area contributed by atoms with Crippen LogP contribution in [0.1, 0.15) is 16.5 Å². The molecule has 0 amide bonds. The lowest BCUT2D eigenvalue weighted by molar-refractivity contribution is 0.892. The van der Waals surface area contributed by atoms with Crippen LogP contribution in [0.4, 0.5) is 0 Å². The minimum absolute atomic E-state index is 0.123. The van der Waals surface area contributed by atoms with Gasteiger partial charge in [0.05, 0.1) is 6.04 Å². The summed E-state index contributed by atoms with van der Waals surface area (Å²) in [5.41, 5.74) is 7.24. The van der Waals surface area contributed by atoms with Crippen LogP contribution in [-0.4, -0.2) is 0 Å². The molecule has 0 aliphatic heterocycles. The third-order valence-electron chi connectivity index (χ3n) is 2.20. The molecule has 0 bridgehead atoms. The fraction of sp³-hybridized carbons (Fsp3) is 0.0909. The van der Waals surface area contributed by atoms with E-state index in [-0.39, 0.29) is 6.04 Å². The van der Waals surface area contributed by atoms with Gasteiger partial charge in [0.25, 0.3) is 0 Å². The highest BCUT2D eigenvalue weighted by Crippen LogP contribution is 2.36. The molecule has 2 aromatic rings. The molecule has 16 heavy (non-hydrogen) atoms. The first-order valence-corrected chi connectivity index (χ1v) is 7.32. The normalized spacial score (nSPS) is 12.8. The third-order valence-corrected chi connectivity index (χ3v) is 5.29. The molecule has 0 spiro atoms. The number of hydrogen-bond acceptors (Lipinski definition) is 2. The van der Waals surface area contributed by atoms with Crippen molar-refractivity contribution in [2.24, 2.45) is 5.73 Å². The van der Waals surface area contributed by atoms with Crippen LogP contribution in [-0.2, 0) is 0 Å². The van der Waals surface area contributed by atoms with E-state index in [0.29, 0.717) is 0 Å². The van der Waals surface area contributed by atoms with Crippen molar-refractivity contribution in [2.75, 3.05) is 0 Å². The Labute approximate surface area is 120 Å². The number of halogens is 3. The Kier molecular flexibility index (Phi) is 4.08. The number of hydrogen-bond donors (Lipinski definition) is 1. The SMILES string of the molecule is NC(c1ccc(Br)cc1)c1cc(Br)c(Cl)s1. The van der Waals surface area contributed by atoms with Gasteiger partial charge >= 0.3 is 0 Å². The Hall–Kier alpha value is 0.130. The van der Waals surface area contributed by atoms with Gasteiger partial charge in [0.1, 0.15) is 4.34 Å². The number of nitrogens with two attached hydrogens (primary N) is 1. The minimum atomic E-state index is -0.123. The molecule has 2 rings (SSSR count). The Morgan fingerprint density at radius 2 is 1.81 bits per heavy atom. The average molecular weight is 382 g/mol. The van der Waals surface area contributed by atoms with Crippen LogP contribution < -0.4 is 5.73 Å². The maximum atomic E-state index is 6.16. The molecule has 1 atom stereocenters. The van der Waals surface area contributed by atoms with Crippen molar-refractivity contribution < 1.29 is 0 Å². The van der Waals surface area contributed by atoms with Crippen LogP contribution in [0.25, 0.3) is 0 Å². The monoisotopic (exact) mass is 379 g/mol. The highest BCUT2D eigenvalue weighted by molar-refractivity contribution is 9.10. The molecule has 0 fully saturated rings. The Morgan fingerprint density at radius 1 is 1.19 bits per heavy atom. The summed E-state index contributed by atoms with van der Waals surface area (Å²) in [7, 11) is 0. The summed E-state index contributed by atoms with van der Waals surface area (Å²) in [4.78, 5) is 1.05. The van der Waals surface area contributed by atoms with E-state index in [2.05, 4.69) is 31.9 Å². The lowest BCUT2D eigenvalue weighted by Crippen LogP contribution is -2.09. The van der Waals surface area contributed by atoms with Gasteiger partial charge in [0, 0.05) is 13.8 Å². The standard InChI is InChI=1S/C11H8Br2ClNS/c12-7-3-1-6(2-4-7)10(15)9-5-8(13)11(14)16-9/h1-5,10H,15H2. The molecular formula is C11H8Br2ClNS. The van der Waals surface area contributed by atoms with Gasteiger partial charge in [-0.2, -0.15) is 0 Å². The molecule has 0 radical (unpaired) electrons. The van der Waals surface area contributed by atoms with Gasteiger partial charge in [-0.3, -0.25) is 0 Å². The van der Waals surface area contributed by atoms with Gasteiger partial charge in [0.15, 0.2) is 0 Å². The molecule has 0 aliphatic rings. The van der Waals surface area contributed by atoms with E-state index in [9.17, 15) is 0 Å². The molecule has 0 aliphatic carbocycles. The maximum absolute atomic E-state index is 6.16. The summed E-state index contributed by atoms with van der Waals surface area (Å²) >= 11 is 14.3. The van der Waals surface area contributed by atoms with Gasteiger partial charge < -0.3 is 5.73 Å². The predicted octanol–water partition coefficient (Wildman–Crippen LogP) is 4.97. The molecule has 1 nitrogen and oxygen atoms in total. The molecule has 1 aromatic heterocycles. The lowest BCUT2D eigenvalue weighted by atomic mass is 10.1. The summed E-state index contributed by atoms with van der Waals surface area (Å²) < 4.78 is 2.69. The molecule has 1 heterocycles. The summed E-state index contributed by atoms with van der Waals surface area (Å²) in [5.74, 6) is 0. The van der Waals surface area contributed by atoms with Crippen LogP contribution in [0, 0.1) is 0 Å². The first kappa shape index (κ1) is 12.6. The van der Waals surface area contributed by atoms with Gasteiger partial charge in [-0.05, 0) is 39.7 Å². The highest BCUT2D eigenvalue weighted by atomic mass is 79.9. The topological polar surface area (TPSA) is 26.0 Å². The van der Waals surface area contributed by atoms with E-state index < -0.39 is 0 Å². The molecule has 5 heteroatoms. The molecular weight excluding hydrogens is 373 g/mol. The van der Waals surface area contributed by atoms with Crippen molar-refractivity contribution in [1.29, 1.82) is 0 Å². The van der Waals surface area contributed by atoms with E-state index in [1.165, 1.54) is 11.3 Å². The zero-order chi connectivity index (χ0) is 11.7. The first-order valence-electron chi connectivity index (χ1n) is 4.53. The number of rotatable bonds is 2. The Bertz CT molecular complexity index is 476. The number of thiophene rings is 1. The summed E-state index contributed by atoms with van der Waals surface area (Å²) in [6, 6.07) is 9.84. The van der Waals surface area contributed by atoms with Crippen LogP contribution in [0.2, 0.25) is 4.34 Å². The molecule has 0 saturated heterocycles. The second-order valence-electron chi connectivity index (χ2n) is 3.30. The van der Waals surface area contributed by atoms with Gasteiger partial charge in [-0.25, -0.2) is 0 Å². The molecule has 0 saturated carbocycles. The highest BCUT2D eigenvalue weighted by Gasteiger charge is 2.13. The minimum Gasteiger partial charge on any atom is -0.320 e. The molecule has 2 N–H and O–H groups in total. The Balaban J connectivity index is 2.31. The van der Waals surface area contributed by atoms with Crippen molar-refractivity contribution in [2.45, 2.75) is 6.04 Å². The Morgan fingerprint density at radius 3 is 2.31 bits per heavy atom. The van der Waals surface area contributed by atoms with Crippen LogP contribution in [0.5, 0.6) is 0 Å². The van der Waals surface area contributed by atoms with E-state index in [1.807, 2.05) is 30.3 Å². The van der Waals surface area contributed by atoms with Crippen molar-refractivity contribution >= 4 is 54.8 Å². The lowest BCUT2D eigenvalue weighted by Gasteiger charge is -2.09. The van der Waals surface area contributed by atoms with E-state index in [0.717, 1.165) is 23.7 Å². The molecule has 84 valence electrons. The second kappa shape index (κ2) is 5.19. The van der Waals surface area contributed by atoms with Gasteiger partial charge in [-0.1, -0.05) is 39.7 Å². The van der Waals surface area contributed by atoms with Gasteiger partial charge in [-0.15, -0.1) is 11.3 Å². The largest absolute Gasteiger partial charge is 0.320 e. The maximum Gasteiger partial charge on any atom is 0.107 e. The van der Waals surface area contributed by atoms with Crippen LogP contribution in [0.3, 0.4) is 0 Å². The van der Waals surface area contributed by atoms with Crippen LogP contribution in [0.15, 0.2) is 39.3 Å². The van der Waals surface area contributed by atoms with Gasteiger partial charge in [0.2, 0.25) is 0 Å². The zero-order valence-electron chi connectivity index (χ0n) is 8.08. The van der Waals surface area contributed by atoms with Crippen molar-refractivity contribution in [1.82, 2.24) is 0 Å². The van der Waals surface area contributed by atoms with E-state index in [4.69, 9.17) is 17.3 Å². The average Bonchev–Trinajstić information content (AvgIpc) is 2.59. The van der Waals surface area contributed by atoms with Crippen molar-refractivity contribution in [3.05, 3.63) is 54.1 Å². The third kappa shape index (κ3) is 2.68. The summed E-state index contributed by atoms with van der Waals surface area (Å²) in [6.45, 7) is 0. The van der Waals surface area contributed by atoms with Crippen molar-refractivity contribution in [3.8, 4) is 0 Å². The van der Waals surface area contributed by atoms with E-state index >= 15 is 0 Å². The van der Waals surface area contributed by atoms with Crippen LogP contribution >= 0.6 is 54.8 Å². The molecule has 1 aromatic carbocycles.